The van der Waals surface area contributed by atoms with Gasteiger partial charge in [-0.25, -0.2) is 4.98 Å². The number of benzene rings is 5. The summed E-state index contributed by atoms with van der Waals surface area (Å²) in [7, 11) is -1.70. The van der Waals surface area contributed by atoms with Crippen LogP contribution < -0.4 is 5.19 Å². The number of nitrogens with zero attached hydrogens (tertiary/aromatic N) is 4. The molecule has 0 bridgehead atoms. The molecule has 0 amide bonds. The molecule has 0 N–H and O–H groups in total. The Morgan fingerprint density at radius 2 is 1.59 bits per heavy atom. The number of hydrogen-bond acceptors (Lipinski definition) is 5. The Kier molecular flexibility index (Phi) is 10.1. The molecular formula is C53H50IrN4S2Si-2. The number of imidazole rings is 1. The molecule has 5 aromatic carbocycles. The third-order valence-corrected chi connectivity index (χ3v) is 15.1. The van der Waals surface area contributed by atoms with E-state index in [1.807, 2.05) is 92.9 Å². The fourth-order valence-corrected chi connectivity index (χ4v) is 11.9. The van der Waals surface area contributed by atoms with Gasteiger partial charge < -0.3 is 9.55 Å². The molecule has 0 aliphatic rings. The van der Waals surface area contributed by atoms with Crippen LogP contribution in [0.5, 0.6) is 0 Å². The van der Waals surface area contributed by atoms with Crippen molar-refractivity contribution < 1.29 is 27.0 Å². The van der Waals surface area contributed by atoms with Crippen molar-refractivity contribution in [3.05, 3.63) is 150 Å². The third kappa shape index (κ3) is 8.29. The smallest absolute Gasteiger partial charge is 0.113 e. The van der Waals surface area contributed by atoms with Crippen molar-refractivity contribution in [2.45, 2.75) is 73.4 Å². The Labute approximate surface area is 389 Å². The van der Waals surface area contributed by atoms with Gasteiger partial charge in [0.1, 0.15) is 4.83 Å². The van der Waals surface area contributed by atoms with Gasteiger partial charge in [-0.15, -0.1) is 65.4 Å². The minimum atomic E-state index is -2.26. The fourth-order valence-electron chi connectivity index (χ4n) is 7.96. The average Bonchev–Trinajstić information content (AvgIpc) is 3.97. The van der Waals surface area contributed by atoms with Crippen molar-refractivity contribution in [1.29, 1.82) is 0 Å². The predicted molar refractivity (Wildman–Crippen MR) is 262 cm³/mol. The maximum absolute atomic E-state index is 8.75. The number of aryl methyl sites for hydroxylation is 1. The molecule has 309 valence electrons. The number of thiophene rings is 2. The molecule has 0 aliphatic carbocycles. The Bertz CT molecular complexity index is 3420. The molecule has 0 saturated heterocycles. The molecule has 0 spiro atoms. The largest absolute Gasteiger partial charge is 0.333 e. The van der Waals surface area contributed by atoms with Crippen LogP contribution in [-0.2, 0) is 26.5 Å². The summed E-state index contributed by atoms with van der Waals surface area (Å²) >= 11 is 3.35. The van der Waals surface area contributed by atoms with Crippen LogP contribution in [-0.4, -0.2) is 27.6 Å². The molecule has 5 aromatic heterocycles. The monoisotopic (exact) mass is 1030 g/mol. The summed E-state index contributed by atoms with van der Waals surface area (Å²) in [6.45, 7) is 14.8. The number of hydrogen-bond donors (Lipinski definition) is 0. The number of para-hydroxylation sites is 2. The minimum absolute atomic E-state index is 0. The molecule has 0 unspecified atom stereocenters. The van der Waals surface area contributed by atoms with Crippen LogP contribution in [0.4, 0.5) is 0 Å². The van der Waals surface area contributed by atoms with Gasteiger partial charge in [-0.2, -0.15) is 11.3 Å². The van der Waals surface area contributed by atoms with Crippen LogP contribution in [0.25, 0.3) is 79.8 Å². The van der Waals surface area contributed by atoms with E-state index in [1.165, 1.54) is 37.1 Å². The summed E-state index contributed by atoms with van der Waals surface area (Å²) in [5, 5.41) is 5.53. The van der Waals surface area contributed by atoms with Gasteiger partial charge in [0.25, 0.3) is 0 Å². The Hall–Kier alpha value is -4.82. The van der Waals surface area contributed by atoms with Crippen LogP contribution in [0, 0.1) is 24.4 Å². The van der Waals surface area contributed by atoms with E-state index >= 15 is 0 Å². The van der Waals surface area contributed by atoms with Gasteiger partial charge in [-0.1, -0.05) is 119 Å². The summed E-state index contributed by atoms with van der Waals surface area (Å²) < 4.78 is 46.9. The second-order valence-corrected chi connectivity index (χ2v) is 24.7. The molecule has 1 radical (unpaired) electrons. The number of rotatable bonds is 6. The molecule has 4 nitrogen and oxygen atoms in total. The summed E-state index contributed by atoms with van der Waals surface area (Å²) in [6, 6.07) is 45.2. The van der Waals surface area contributed by atoms with Gasteiger partial charge in [0.05, 0.1) is 24.9 Å². The van der Waals surface area contributed by atoms with Crippen molar-refractivity contribution in [2.24, 2.45) is 5.41 Å². The molecule has 10 aromatic rings. The van der Waals surface area contributed by atoms with E-state index in [1.54, 1.807) is 6.07 Å². The molecule has 0 aliphatic heterocycles. The normalized spacial score (nSPS) is 13.8. The van der Waals surface area contributed by atoms with E-state index in [9.17, 15) is 0 Å². The maximum Gasteiger partial charge on any atom is 0.113 e. The molecule has 0 saturated carbocycles. The van der Waals surface area contributed by atoms with E-state index in [2.05, 4.69) is 115 Å². The molecule has 5 heterocycles. The molecule has 0 atom stereocenters. The van der Waals surface area contributed by atoms with Crippen LogP contribution in [0.3, 0.4) is 0 Å². The van der Waals surface area contributed by atoms with E-state index in [0.29, 0.717) is 10.7 Å². The fraction of sp³-hybridized carbons (Fsp3) is 0.226. The van der Waals surface area contributed by atoms with Crippen molar-refractivity contribution in [2.75, 3.05) is 0 Å². The zero-order chi connectivity index (χ0) is 46.2. The Balaban J connectivity index is 0.000000211. The Morgan fingerprint density at radius 1 is 0.803 bits per heavy atom. The van der Waals surface area contributed by atoms with Crippen molar-refractivity contribution in [3.8, 4) is 28.3 Å². The van der Waals surface area contributed by atoms with E-state index in [4.69, 9.17) is 11.8 Å². The maximum atomic E-state index is 8.75. The van der Waals surface area contributed by atoms with Crippen molar-refractivity contribution in [1.82, 2.24) is 19.5 Å². The van der Waals surface area contributed by atoms with E-state index < -0.39 is 26.7 Å². The van der Waals surface area contributed by atoms with Crippen LogP contribution >= 0.6 is 22.7 Å². The molecule has 61 heavy (non-hydrogen) atoms. The first-order valence-corrected chi connectivity index (χ1v) is 25.5. The molecule has 0 fully saturated rings. The van der Waals surface area contributed by atoms with Crippen LogP contribution in [0.2, 0.25) is 19.6 Å². The van der Waals surface area contributed by atoms with Crippen LogP contribution in [0.15, 0.2) is 121 Å². The topological polar surface area (TPSA) is 43.6 Å². The van der Waals surface area contributed by atoms with Gasteiger partial charge in [0.2, 0.25) is 0 Å². The molecule has 10 rings (SSSR count). The Morgan fingerprint density at radius 3 is 2.34 bits per heavy atom. The van der Waals surface area contributed by atoms with Gasteiger partial charge in [-0.05, 0) is 81.4 Å². The van der Waals surface area contributed by atoms with Crippen molar-refractivity contribution >= 4 is 87.4 Å². The second kappa shape index (κ2) is 16.8. The number of pyridine rings is 2. The van der Waals surface area contributed by atoms with Gasteiger partial charge in [0.15, 0.2) is 0 Å². The first-order valence-electron chi connectivity index (χ1n) is 22.9. The standard InChI is InChI=1S/C34H24N3S2.C19H26NSi.Ir/c1-19(2)21-17-18-28(30-24-9-4-7-14-29(24)38-32(21)30)37-27-13-6-5-12-26(27)36-33(37)25-11-8-10-22-23-16-15-20(3)35-34(23)39-31(22)25;1-19(2,3)13-16-12-17(15-10-8-7-9-11-15)20-14-18(16)21(4,5)6;/h4-10,12-19H,1-3H3;7-10,12,14H,13H2,1-6H3;/q2*-1;/i3D3;13D2;. The van der Waals surface area contributed by atoms with E-state index in [0.717, 1.165) is 65.6 Å². The second-order valence-electron chi connectivity index (χ2n) is 17.7. The summed E-state index contributed by atoms with van der Waals surface area (Å²) in [4.78, 5) is 15.1. The first-order chi connectivity index (χ1) is 30.7. The summed E-state index contributed by atoms with van der Waals surface area (Å²) in [6.07, 6.45) is 0.469. The zero-order valence-corrected chi connectivity index (χ0v) is 40.6. The molecular weight excluding hydrogens is 977 g/mol. The van der Waals surface area contributed by atoms with Gasteiger partial charge in [0, 0.05) is 64.7 Å². The average molecular weight is 1030 g/mol. The zero-order valence-electron chi connectivity index (χ0n) is 40.6. The third-order valence-electron chi connectivity index (χ3n) is 10.7. The summed E-state index contributed by atoms with van der Waals surface area (Å²) in [5.41, 5.74) is 7.33. The molecule has 8 heteroatoms. The quantitative estimate of drug-likeness (QED) is 0.123. The summed E-state index contributed by atoms with van der Waals surface area (Å²) in [5.74, 6) is 1.19. The van der Waals surface area contributed by atoms with Gasteiger partial charge >= 0.3 is 0 Å². The predicted octanol–water partition coefficient (Wildman–Crippen LogP) is 14.7. The first kappa shape index (κ1) is 36.8. The number of aromatic nitrogens is 4. The van der Waals surface area contributed by atoms with Gasteiger partial charge in [-0.3, -0.25) is 4.98 Å². The number of fused-ring (bicyclic) bond motifs is 7. The SMILES string of the molecule is [2H]C([2H])([2H])c1ccc2c(n1)sc1c(-c3nc4ccccc4n3-c3ccc(C(C)C)c4sc5ccccc5c34)[c-]ccc12.[2H]C([2H])(c1cc(-c2[c-]cccc2)ncc1[Si](C)(C)C)C(C)(C)C.[Ir]. The van der Waals surface area contributed by atoms with Crippen molar-refractivity contribution in [3.63, 3.8) is 0 Å². The van der Waals surface area contributed by atoms with E-state index in [-0.39, 0.29) is 25.8 Å². The minimum Gasteiger partial charge on any atom is -0.333 e. The van der Waals surface area contributed by atoms with Crippen LogP contribution in [0.1, 0.15) is 64.2 Å².